The lowest BCUT2D eigenvalue weighted by molar-refractivity contribution is 0.415. The third kappa shape index (κ3) is 2.08. The van der Waals surface area contributed by atoms with Crippen molar-refractivity contribution in [2.75, 3.05) is 7.11 Å². The normalized spacial score (nSPS) is 10.6. The standard InChI is InChI=1S/C18H16O/c1-13-6-3-4-8-16(13)17-9-5-7-14-10-11-15(19-2)12-18(14)17/h3-12H,1-2H3. The molecular formula is C18H16O. The van der Waals surface area contributed by atoms with Gasteiger partial charge in [0.2, 0.25) is 0 Å². The van der Waals surface area contributed by atoms with Crippen molar-refractivity contribution in [2.45, 2.75) is 6.92 Å². The summed E-state index contributed by atoms with van der Waals surface area (Å²) in [6.45, 7) is 2.15. The Balaban J connectivity index is 2.32. The van der Waals surface area contributed by atoms with Gasteiger partial charge in [0.25, 0.3) is 0 Å². The van der Waals surface area contributed by atoms with E-state index in [1.807, 2.05) is 6.07 Å². The van der Waals surface area contributed by atoms with Gasteiger partial charge in [-0.25, -0.2) is 0 Å². The molecule has 0 atom stereocenters. The first-order chi connectivity index (χ1) is 9.29. The van der Waals surface area contributed by atoms with Crippen molar-refractivity contribution in [3.63, 3.8) is 0 Å². The average molecular weight is 248 g/mol. The Bertz CT molecular complexity index is 729. The van der Waals surface area contributed by atoms with Crippen LogP contribution in [0.25, 0.3) is 21.9 Å². The summed E-state index contributed by atoms with van der Waals surface area (Å²) in [5.41, 5.74) is 3.83. The number of methoxy groups -OCH3 is 1. The van der Waals surface area contributed by atoms with Crippen molar-refractivity contribution in [3.8, 4) is 16.9 Å². The molecule has 0 fully saturated rings. The van der Waals surface area contributed by atoms with Crippen molar-refractivity contribution >= 4 is 10.8 Å². The van der Waals surface area contributed by atoms with Gasteiger partial charge in [0, 0.05) is 0 Å². The van der Waals surface area contributed by atoms with E-state index in [-0.39, 0.29) is 0 Å². The van der Waals surface area contributed by atoms with E-state index in [1.54, 1.807) is 7.11 Å². The van der Waals surface area contributed by atoms with Crippen LogP contribution >= 0.6 is 0 Å². The van der Waals surface area contributed by atoms with Crippen LogP contribution < -0.4 is 4.74 Å². The highest BCUT2D eigenvalue weighted by atomic mass is 16.5. The first-order valence-corrected chi connectivity index (χ1v) is 6.42. The van der Waals surface area contributed by atoms with Crippen molar-refractivity contribution in [1.29, 1.82) is 0 Å². The fraction of sp³-hybridized carbons (Fsp3) is 0.111. The predicted octanol–water partition coefficient (Wildman–Crippen LogP) is 4.82. The fourth-order valence-corrected chi connectivity index (χ4v) is 2.49. The molecule has 0 aliphatic rings. The summed E-state index contributed by atoms with van der Waals surface area (Å²) < 4.78 is 5.34. The van der Waals surface area contributed by atoms with Crippen LogP contribution in [0.15, 0.2) is 60.7 Å². The average Bonchev–Trinajstić information content (AvgIpc) is 2.47. The summed E-state index contributed by atoms with van der Waals surface area (Å²) in [7, 11) is 1.71. The second kappa shape index (κ2) is 4.77. The molecule has 0 N–H and O–H groups in total. The third-order valence-electron chi connectivity index (χ3n) is 3.52. The van der Waals surface area contributed by atoms with E-state index in [4.69, 9.17) is 4.74 Å². The highest BCUT2D eigenvalue weighted by Crippen LogP contribution is 2.32. The molecule has 3 rings (SSSR count). The molecular weight excluding hydrogens is 232 g/mol. The van der Waals surface area contributed by atoms with Gasteiger partial charge in [0.05, 0.1) is 7.11 Å². The van der Waals surface area contributed by atoms with Gasteiger partial charge in [-0.05, 0) is 46.5 Å². The summed E-state index contributed by atoms with van der Waals surface area (Å²) in [5.74, 6) is 0.897. The van der Waals surface area contributed by atoms with Crippen LogP contribution in [-0.2, 0) is 0 Å². The topological polar surface area (TPSA) is 9.23 Å². The predicted molar refractivity (Wildman–Crippen MR) is 80.7 cm³/mol. The van der Waals surface area contributed by atoms with E-state index >= 15 is 0 Å². The SMILES string of the molecule is COc1ccc2cccc(-c3ccccc3C)c2c1. The van der Waals surface area contributed by atoms with E-state index in [9.17, 15) is 0 Å². The maximum Gasteiger partial charge on any atom is 0.119 e. The van der Waals surface area contributed by atoms with E-state index < -0.39 is 0 Å². The number of fused-ring (bicyclic) bond motifs is 1. The lowest BCUT2D eigenvalue weighted by Gasteiger charge is -2.10. The van der Waals surface area contributed by atoms with Crippen LogP contribution in [-0.4, -0.2) is 7.11 Å². The summed E-state index contributed by atoms with van der Waals surface area (Å²) >= 11 is 0. The minimum Gasteiger partial charge on any atom is -0.497 e. The highest BCUT2D eigenvalue weighted by molar-refractivity contribution is 5.98. The van der Waals surface area contributed by atoms with Gasteiger partial charge in [-0.3, -0.25) is 0 Å². The molecule has 0 radical (unpaired) electrons. The summed E-state index contributed by atoms with van der Waals surface area (Å²) in [5, 5.41) is 2.47. The largest absolute Gasteiger partial charge is 0.497 e. The molecule has 0 amide bonds. The molecule has 0 aliphatic heterocycles. The van der Waals surface area contributed by atoms with Crippen LogP contribution in [0.4, 0.5) is 0 Å². The van der Waals surface area contributed by atoms with Gasteiger partial charge >= 0.3 is 0 Å². The molecule has 0 aromatic heterocycles. The van der Waals surface area contributed by atoms with E-state index in [0.717, 1.165) is 5.75 Å². The summed E-state index contributed by atoms with van der Waals surface area (Å²) in [6, 6.07) is 21.1. The number of aryl methyl sites for hydroxylation is 1. The molecule has 0 bridgehead atoms. The zero-order valence-electron chi connectivity index (χ0n) is 11.2. The van der Waals surface area contributed by atoms with Gasteiger partial charge in [-0.2, -0.15) is 0 Å². The Morgan fingerprint density at radius 2 is 1.58 bits per heavy atom. The molecule has 0 heterocycles. The fourth-order valence-electron chi connectivity index (χ4n) is 2.49. The Morgan fingerprint density at radius 3 is 2.37 bits per heavy atom. The van der Waals surface area contributed by atoms with E-state index in [1.165, 1.54) is 27.5 Å². The molecule has 3 aromatic carbocycles. The Kier molecular flexibility index (Phi) is 2.96. The molecule has 1 nitrogen and oxygen atoms in total. The molecule has 0 unspecified atom stereocenters. The Hall–Kier alpha value is -2.28. The lowest BCUT2D eigenvalue weighted by Crippen LogP contribution is -1.87. The number of hydrogen-bond acceptors (Lipinski definition) is 1. The zero-order chi connectivity index (χ0) is 13.2. The molecule has 0 spiro atoms. The van der Waals surface area contributed by atoms with Gasteiger partial charge in [-0.15, -0.1) is 0 Å². The van der Waals surface area contributed by atoms with Gasteiger partial charge in [0.1, 0.15) is 5.75 Å². The van der Waals surface area contributed by atoms with Crippen LogP contribution in [0.2, 0.25) is 0 Å². The first kappa shape index (κ1) is 11.8. The Morgan fingerprint density at radius 1 is 0.789 bits per heavy atom. The second-order valence-corrected chi connectivity index (χ2v) is 4.71. The minimum atomic E-state index is 0.897. The highest BCUT2D eigenvalue weighted by Gasteiger charge is 2.06. The quantitative estimate of drug-likeness (QED) is 0.631. The molecule has 0 saturated carbocycles. The number of ether oxygens (including phenoxy) is 1. The minimum absolute atomic E-state index is 0.897. The summed E-state index contributed by atoms with van der Waals surface area (Å²) in [6.07, 6.45) is 0. The number of hydrogen-bond donors (Lipinski definition) is 0. The van der Waals surface area contributed by atoms with E-state index in [2.05, 4.69) is 61.5 Å². The monoisotopic (exact) mass is 248 g/mol. The number of rotatable bonds is 2. The van der Waals surface area contributed by atoms with Crippen molar-refractivity contribution in [2.24, 2.45) is 0 Å². The smallest absolute Gasteiger partial charge is 0.119 e. The zero-order valence-corrected chi connectivity index (χ0v) is 11.2. The maximum absolute atomic E-state index is 5.34. The van der Waals surface area contributed by atoms with Crippen molar-refractivity contribution < 1.29 is 4.74 Å². The first-order valence-electron chi connectivity index (χ1n) is 6.42. The molecule has 0 saturated heterocycles. The summed E-state index contributed by atoms with van der Waals surface area (Å²) in [4.78, 5) is 0. The van der Waals surface area contributed by atoms with Crippen LogP contribution in [0.5, 0.6) is 5.75 Å². The molecule has 19 heavy (non-hydrogen) atoms. The number of benzene rings is 3. The second-order valence-electron chi connectivity index (χ2n) is 4.71. The van der Waals surface area contributed by atoms with Gasteiger partial charge in [-0.1, -0.05) is 48.5 Å². The van der Waals surface area contributed by atoms with Crippen LogP contribution in [0.1, 0.15) is 5.56 Å². The molecule has 3 aromatic rings. The lowest BCUT2D eigenvalue weighted by atomic mass is 9.95. The maximum atomic E-state index is 5.34. The van der Waals surface area contributed by atoms with Gasteiger partial charge in [0.15, 0.2) is 0 Å². The van der Waals surface area contributed by atoms with E-state index in [0.29, 0.717) is 0 Å². The third-order valence-corrected chi connectivity index (χ3v) is 3.52. The van der Waals surface area contributed by atoms with Crippen molar-refractivity contribution in [3.05, 3.63) is 66.2 Å². The van der Waals surface area contributed by atoms with Crippen LogP contribution in [0.3, 0.4) is 0 Å². The van der Waals surface area contributed by atoms with Gasteiger partial charge < -0.3 is 4.74 Å². The molecule has 94 valence electrons. The molecule has 1 heteroatoms. The van der Waals surface area contributed by atoms with Crippen molar-refractivity contribution in [1.82, 2.24) is 0 Å². The molecule has 0 aliphatic carbocycles. The van der Waals surface area contributed by atoms with Crippen LogP contribution in [0, 0.1) is 6.92 Å². The Labute approximate surface area is 113 Å².